The number of ether oxygens (including phenoxy) is 1. The summed E-state index contributed by atoms with van der Waals surface area (Å²) < 4.78 is 37.1. The van der Waals surface area contributed by atoms with Gasteiger partial charge < -0.3 is 9.29 Å². The van der Waals surface area contributed by atoms with Crippen molar-refractivity contribution in [2.75, 3.05) is 6.61 Å². The van der Waals surface area contributed by atoms with E-state index in [0.717, 1.165) is 24.3 Å². The Morgan fingerprint density at radius 3 is 1.60 bits per heavy atom. The average Bonchev–Trinajstić information content (AvgIpc) is 2.97. The van der Waals surface area contributed by atoms with E-state index >= 15 is 0 Å². The number of aryl methyl sites for hydroxylation is 1. The van der Waals surface area contributed by atoms with Crippen molar-refractivity contribution in [1.29, 1.82) is 0 Å². The quantitative estimate of drug-likeness (QED) is 0.0906. The maximum atomic E-state index is 10.4. The molecule has 0 aromatic heterocycles. The summed E-state index contributed by atoms with van der Waals surface area (Å²) in [6.07, 6.45) is 9.18. The molecule has 0 saturated heterocycles. The lowest BCUT2D eigenvalue weighted by Gasteiger charge is -2.09. The molecule has 40 heavy (non-hydrogen) atoms. The summed E-state index contributed by atoms with van der Waals surface area (Å²) in [6.45, 7) is 4.90. The third-order valence-corrected chi connectivity index (χ3v) is 9.42. The van der Waals surface area contributed by atoms with Crippen LogP contribution in [-0.2, 0) is 21.0 Å². The highest BCUT2D eigenvalue weighted by Crippen LogP contribution is 2.31. The second-order valence-electron chi connectivity index (χ2n) is 9.64. The van der Waals surface area contributed by atoms with Crippen LogP contribution in [0.1, 0.15) is 57.4 Å². The topological polar surface area (TPSA) is 66.4 Å². The Labute approximate surface area is 243 Å². The van der Waals surface area contributed by atoms with Gasteiger partial charge in [0, 0.05) is 0 Å². The minimum Gasteiger partial charge on any atom is -0.744 e. The first-order valence-corrected chi connectivity index (χ1v) is 16.6. The Morgan fingerprint density at radius 1 is 0.625 bits per heavy atom. The zero-order valence-corrected chi connectivity index (χ0v) is 25.1. The van der Waals surface area contributed by atoms with Crippen LogP contribution < -0.4 is 4.74 Å². The molecule has 4 rings (SSSR count). The summed E-state index contributed by atoms with van der Waals surface area (Å²) in [7, 11) is -4.36. The van der Waals surface area contributed by atoms with Gasteiger partial charge in [0.1, 0.15) is 15.9 Å². The molecule has 0 amide bonds. The Balaban J connectivity index is 0.000000336. The minimum absolute atomic E-state index is 0.0915. The van der Waals surface area contributed by atoms with Gasteiger partial charge in [0.2, 0.25) is 0 Å². The summed E-state index contributed by atoms with van der Waals surface area (Å²) in [4.78, 5) is 3.83. The predicted molar refractivity (Wildman–Crippen MR) is 164 cm³/mol. The molecule has 0 aliphatic heterocycles. The van der Waals surface area contributed by atoms with Gasteiger partial charge in [0.05, 0.1) is 22.4 Å². The van der Waals surface area contributed by atoms with Crippen molar-refractivity contribution < 1.29 is 17.7 Å². The van der Waals surface area contributed by atoms with Gasteiger partial charge in [-0.1, -0.05) is 99.5 Å². The van der Waals surface area contributed by atoms with Crippen molar-refractivity contribution >= 4 is 21.0 Å². The highest BCUT2D eigenvalue weighted by Gasteiger charge is 2.28. The molecule has 0 aliphatic carbocycles. The summed E-state index contributed by atoms with van der Waals surface area (Å²) in [5, 5.41) is 0. The van der Waals surface area contributed by atoms with Crippen LogP contribution in [0.4, 0.5) is 0 Å². The molecule has 0 bridgehead atoms. The number of benzene rings is 4. The van der Waals surface area contributed by atoms with Crippen molar-refractivity contribution in [1.82, 2.24) is 0 Å². The Bertz CT molecular complexity index is 1300. The molecule has 0 atom stereocenters. The van der Waals surface area contributed by atoms with Crippen LogP contribution in [0.15, 0.2) is 129 Å². The summed E-state index contributed by atoms with van der Waals surface area (Å²) >= 11 is 0. The molecule has 0 N–H and O–H groups in total. The van der Waals surface area contributed by atoms with E-state index in [1.807, 2.05) is 6.92 Å². The Hall–Kier alpha value is -3.06. The molecule has 4 nitrogen and oxygen atoms in total. The molecule has 0 saturated carbocycles. The summed E-state index contributed by atoms with van der Waals surface area (Å²) in [6, 6.07) is 36.0. The lowest BCUT2D eigenvalue weighted by atomic mass is 10.1. The van der Waals surface area contributed by atoms with Gasteiger partial charge in [-0.15, -0.1) is 0 Å². The zero-order valence-electron chi connectivity index (χ0n) is 23.5. The second-order valence-corrected chi connectivity index (χ2v) is 13.0. The summed E-state index contributed by atoms with van der Waals surface area (Å²) in [5.41, 5.74) is 0.928. The molecule has 4 aromatic carbocycles. The van der Waals surface area contributed by atoms with Crippen molar-refractivity contribution in [2.24, 2.45) is 0 Å². The van der Waals surface area contributed by atoms with Gasteiger partial charge in [-0.2, -0.15) is 0 Å². The standard InChI is InChI=1S/C27H33OS.C7H8O3S/c1-2-3-4-5-6-7-14-23-28-24-19-21-27(22-20-24)29(25-15-10-8-11-16-25)26-17-12-9-13-18-26;1-6-2-4-7(5-3-6)11(8,9)10/h8-13,15-22H,2-7,14,23H2,1H3;2-5H,1H3,(H,8,9,10)/q+1;/p-1. The van der Waals surface area contributed by atoms with Gasteiger partial charge >= 0.3 is 0 Å². The molecule has 0 heterocycles. The van der Waals surface area contributed by atoms with Gasteiger partial charge in [-0.05, 0) is 74.0 Å². The largest absolute Gasteiger partial charge is 0.744 e. The van der Waals surface area contributed by atoms with Crippen molar-refractivity contribution in [3.63, 3.8) is 0 Å². The Morgan fingerprint density at radius 2 is 1.10 bits per heavy atom. The molecular weight excluding hydrogens is 537 g/mol. The van der Waals surface area contributed by atoms with E-state index in [1.165, 1.54) is 65.3 Å². The van der Waals surface area contributed by atoms with Crippen molar-refractivity contribution in [2.45, 2.75) is 78.4 Å². The normalized spacial score (nSPS) is 11.1. The fourth-order valence-corrected chi connectivity index (χ4v) is 6.70. The molecule has 0 unspecified atom stereocenters. The first-order valence-electron chi connectivity index (χ1n) is 14.0. The van der Waals surface area contributed by atoms with E-state index in [1.54, 1.807) is 12.1 Å². The van der Waals surface area contributed by atoms with Crippen molar-refractivity contribution in [3.05, 3.63) is 115 Å². The molecular formula is C34H40O4S2. The number of rotatable bonds is 13. The van der Waals surface area contributed by atoms with Crippen LogP contribution in [0.3, 0.4) is 0 Å². The van der Waals surface area contributed by atoms with E-state index in [-0.39, 0.29) is 15.8 Å². The molecule has 6 heteroatoms. The van der Waals surface area contributed by atoms with E-state index in [9.17, 15) is 13.0 Å². The van der Waals surface area contributed by atoms with Gasteiger partial charge in [0.15, 0.2) is 14.7 Å². The SMILES string of the molecule is CCCCCCCCCOc1ccc([S+](c2ccccc2)c2ccccc2)cc1.Cc1ccc(S(=O)(=O)[O-])cc1. The smallest absolute Gasteiger partial charge is 0.166 e. The fraction of sp³-hybridized carbons (Fsp3) is 0.294. The highest BCUT2D eigenvalue weighted by molar-refractivity contribution is 7.97. The monoisotopic (exact) mass is 576 g/mol. The maximum Gasteiger partial charge on any atom is 0.166 e. The first kappa shape index (κ1) is 31.5. The van der Waals surface area contributed by atoms with Crippen LogP contribution in [-0.4, -0.2) is 19.6 Å². The van der Waals surface area contributed by atoms with Crippen LogP contribution in [0, 0.1) is 6.92 Å². The number of hydrogen-bond acceptors (Lipinski definition) is 4. The highest BCUT2D eigenvalue weighted by atomic mass is 32.2. The molecule has 212 valence electrons. The van der Waals surface area contributed by atoms with E-state index in [2.05, 4.69) is 91.9 Å². The van der Waals surface area contributed by atoms with Crippen molar-refractivity contribution in [3.8, 4) is 5.75 Å². The molecule has 0 radical (unpaired) electrons. The second kappa shape index (κ2) is 16.9. The average molecular weight is 577 g/mol. The van der Waals surface area contributed by atoms with E-state index in [0.29, 0.717) is 0 Å². The lowest BCUT2D eigenvalue weighted by Crippen LogP contribution is -2.04. The summed E-state index contributed by atoms with van der Waals surface area (Å²) in [5.74, 6) is 0.976. The third-order valence-electron chi connectivity index (χ3n) is 6.34. The number of hydrogen-bond donors (Lipinski definition) is 0. The van der Waals surface area contributed by atoms with Crippen LogP contribution in [0.25, 0.3) is 0 Å². The van der Waals surface area contributed by atoms with Gasteiger partial charge in [0.25, 0.3) is 0 Å². The lowest BCUT2D eigenvalue weighted by molar-refractivity contribution is 0.304. The first-order chi connectivity index (χ1) is 19.4. The van der Waals surface area contributed by atoms with Gasteiger partial charge in [-0.3, -0.25) is 0 Å². The molecule has 0 spiro atoms. The van der Waals surface area contributed by atoms with Crippen LogP contribution in [0.2, 0.25) is 0 Å². The molecule has 0 fully saturated rings. The van der Waals surface area contributed by atoms with E-state index < -0.39 is 10.1 Å². The maximum absolute atomic E-state index is 10.4. The van der Waals surface area contributed by atoms with E-state index in [4.69, 9.17) is 4.74 Å². The third kappa shape index (κ3) is 10.8. The Kier molecular flexibility index (Phi) is 13.3. The fourth-order valence-electron chi connectivity index (χ4n) is 4.15. The number of unbranched alkanes of at least 4 members (excludes halogenated alkanes) is 6. The predicted octanol–water partition coefficient (Wildman–Crippen LogP) is 8.81. The van der Waals surface area contributed by atoms with Gasteiger partial charge in [-0.25, -0.2) is 8.42 Å². The van der Waals surface area contributed by atoms with Crippen LogP contribution >= 0.6 is 0 Å². The molecule has 4 aromatic rings. The minimum atomic E-state index is -4.27. The molecule has 0 aliphatic rings. The zero-order chi connectivity index (χ0) is 28.6. The van der Waals surface area contributed by atoms with Crippen LogP contribution in [0.5, 0.6) is 5.75 Å².